The maximum Gasteiger partial charge on any atom is 0.336 e. The zero-order valence-corrected chi connectivity index (χ0v) is 18.4. The standard InChI is InChI=1S/C24H31NO6/c1-4-5-18-12-21(26)31-22-14(2)20(11-10-19(18)22)30-15(3)23(27)25-13-16-6-8-17(9-7-16)24(28)29/h10-12,15-17H,4-9,13H2,1-3H3,(H,25,27)(H,28,29)/p-1/t15-,16?,17?/m1/s1. The summed E-state index contributed by atoms with van der Waals surface area (Å²) in [5.74, 6) is -0.819. The van der Waals surface area contributed by atoms with E-state index in [0.29, 0.717) is 36.3 Å². The summed E-state index contributed by atoms with van der Waals surface area (Å²) < 4.78 is 11.3. The number of hydrogen-bond acceptors (Lipinski definition) is 6. The summed E-state index contributed by atoms with van der Waals surface area (Å²) in [4.78, 5) is 35.4. The highest BCUT2D eigenvalue weighted by atomic mass is 16.5. The van der Waals surface area contributed by atoms with Crippen molar-refractivity contribution in [1.82, 2.24) is 5.32 Å². The number of rotatable bonds is 8. The Morgan fingerprint density at radius 3 is 2.61 bits per heavy atom. The number of hydrogen-bond donors (Lipinski definition) is 1. The Labute approximate surface area is 181 Å². The van der Waals surface area contributed by atoms with Crippen LogP contribution >= 0.6 is 0 Å². The average Bonchev–Trinajstić information content (AvgIpc) is 2.74. The van der Waals surface area contributed by atoms with Gasteiger partial charge in [0.15, 0.2) is 6.10 Å². The first-order valence-electron chi connectivity index (χ1n) is 11.0. The molecule has 1 aromatic carbocycles. The fourth-order valence-electron chi connectivity index (χ4n) is 4.25. The predicted molar refractivity (Wildman–Crippen MR) is 115 cm³/mol. The summed E-state index contributed by atoms with van der Waals surface area (Å²) in [6, 6.07) is 5.20. The Balaban J connectivity index is 1.62. The van der Waals surface area contributed by atoms with Crippen molar-refractivity contribution in [2.45, 2.75) is 65.4 Å². The highest BCUT2D eigenvalue weighted by Crippen LogP contribution is 2.30. The van der Waals surface area contributed by atoms with Gasteiger partial charge in [-0.15, -0.1) is 0 Å². The quantitative estimate of drug-likeness (QED) is 0.647. The van der Waals surface area contributed by atoms with Crippen LogP contribution in [0.2, 0.25) is 0 Å². The van der Waals surface area contributed by atoms with E-state index in [1.807, 2.05) is 19.1 Å². The van der Waals surface area contributed by atoms with Gasteiger partial charge in [0.05, 0.1) is 0 Å². The lowest BCUT2D eigenvalue weighted by Crippen LogP contribution is -2.40. The van der Waals surface area contributed by atoms with Crippen LogP contribution in [-0.4, -0.2) is 24.5 Å². The van der Waals surface area contributed by atoms with Gasteiger partial charge in [-0.2, -0.15) is 0 Å². The van der Waals surface area contributed by atoms with Crippen molar-refractivity contribution in [3.8, 4) is 5.75 Å². The van der Waals surface area contributed by atoms with Crippen LogP contribution in [0, 0.1) is 18.8 Å². The Kier molecular flexibility index (Phi) is 7.36. The fraction of sp³-hybridized carbons (Fsp3) is 0.542. The molecule has 1 aromatic heterocycles. The van der Waals surface area contributed by atoms with Crippen molar-refractivity contribution < 1.29 is 23.8 Å². The second kappa shape index (κ2) is 9.98. The minimum absolute atomic E-state index is 0.234. The zero-order valence-electron chi connectivity index (χ0n) is 18.4. The van der Waals surface area contributed by atoms with Gasteiger partial charge in [-0.1, -0.05) is 13.3 Å². The van der Waals surface area contributed by atoms with Gasteiger partial charge in [-0.25, -0.2) is 4.79 Å². The number of fused-ring (bicyclic) bond motifs is 1. The number of benzene rings is 1. The molecule has 0 saturated heterocycles. The molecule has 0 unspecified atom stereocenters. The molecule has 31 heavy (non-hydrogen) atoms. The third-order valence-electron chi connectivity index (χ3n) is 6.13. The molecule has 7 nitrogen and oxygen atoms in total. The van der Waals surface area contributed by atoms with Crippen LogP contribution in [0.25, 0.3) is 11.0 Å². The number of amides is 1. The van der Waals surface area contributed by atoms with E-state index >= 15 is 0 Å². The molecule has 2 aromatic rings. The van der Waals surface area contributed by atoms with Gasteiger partial charge in [0.25, 0.3) is 5.91 Å². The molecule has 1 aliphatic carbocycles. The molecule has 1 saturated carbocycles. The molecule has 0 bridgehead atoms. The fourth-order valence-corrected chi connectivity index (χ4v) is 4.25. The maximum atomic E-state index is 12.5. The van der Waals surface area contributed by atoms with E-state index in [1.54, 1.807) is 6.92 Å². The second-order valence-electron chi connectivity index (χ2n) is 8.45. The monoisotopic (exact) mass is 428 g/mol. The van der Waals surface area contributed by atoms with Gasteiger partial charge in [0.1, 0.15) is 11.3 Å². The average molecular weight is 429 g/mol. The van der Waals surface area contributed by atoms with Crippen LogP contribution in [0.1, 0.15) is 57.1 Å². The number of nitrogens with one attached hydrogen (secondary N) is 1. The van der Waals surface area contributed by atoms with E-state index in [-0.39, 0.29) is 17.7 Å². The van der Waals surface area contributed by atoms with E-state index in [9.17, 15) is 19.5 Å². The van der Waals surface area contributed by atoms with Crippen LogP contribution < -0.4 is 20.8 Å². The second-order valence-corrected chi connectivity index (χ2v) is 8.45. The smallest absolute Gasteiger partial charge is 0.336 e. The van der Waals surface area contributed by atoms with Crippen LogP contribution in [0.15, 0.2) is 27.4 Å². The molecule has 0 spiro atoms. The molecular formula is C24H30NO6-. The number of aliphatic carboxylic acids is 1. The van der Waals surface area contributed by atoms with Crippen LogP contribution in [0.5, 0.6) is 5.75 Å². The van der Waals surface area contributed by atoms with Crippen molar-refractivity contribution in [2.75, 3.05) is 6.54 Å². The first kappa shape index (κ1) is 22.8. The topological polar surface area (TPSA) is 109 Å². The summed E-state index contributed by atoms with van der Waals surface area (Å²) >= 11 is 0. The SMILES string of the molecule is CCCc1cc(=O)oc2c(C)c(O[C@H](C)C(=O)NCC3CCC(C(=O)[O-])CC3)ccc12. The van der Waals surface area contributed by atoms with Gasteiger partial charge >= 0.3 is 5.63 Å². The van der Waals surface area contributed by atoms with Crippen LogP contribution in [0.4, 0.5) is 0 Å². The Morgan fingerprint density at radius 2 is 1.97 bits per heavy atom. The normalized spacial score (nSPS) is 19.7. The number of aryl methyl sites for hydroxylation is 2. The molecule has 0 radical (unpaired) electrons. The Morgan fingerprint density at radius 1 is 1.26 bits per heavy atom. The number of carboxylic acids is 1. The number of carbonyl (C=O) groups is 2. The molecule has 1 amide bonds. The number of carbonyl (C=O) groups excluding carboxylic acids is 2. The highest BCUT2D eigenvalue weighted by Gasteiger charge is 2.24. The molecule has 168 valence electrons. The lowest BCUT2D eigenvalue weighted by molar-refractivity contribution is -0.312. The summed E-state index contributed by atoms with van der Waals surface area (Å²) in [6.45, 7) is 6.05. The molecule has 7 heteroatoms. The van der Waals surface area contributed by atoms with Crippen molar-refractivity contribution in [3.05, 3.63) is 39.7 Å². The molecule has 1 fully saturated rings. The third kappa shape index (κ3) is 5.46. The predicted octanol–water partition coefficient (Wildman–Crippen LogP) is 2.49. The maximum absolute atomic E-state index is 12.5. The van der Waals surface area contributed by atoms with Crippen LogP contribution in [0.3, 0.4) is 0 Å². The van der Waals surface area contributed by atoms with Gasteiger partial charge in [0.2, 0.25) is 0 Å². The van der Waals surface area contributed by atoms with E-state index in [1.165, 1.54) is 6.07 Å². The largest absolute Gasteiger partial charge is 0.550 e. The van der Waals surface area contributed by atoms with Gasteiger partial charge in [0, 0.05) is 29.5 Å². The summed E-state index contributed by atoms with van der Waals surface area (Å²) in [6.07, 6.45) is 3.69. The van der Waals surface area contributed by atoms with Crippen LogP contribution in [-0.2, 0) is 16.0 Å². The van der Waals surface area contributed by atoms with E-state index in [0.717, 1.165) is 36.6 Å². The lowest BCUT2D eigenvalue weighted by atomic mass is 9.82. The first-order chi connectivity index (χ1) is 14.8. The molecule has 0 aliphatic heterocycles. The van der Waals surface area contributed by atoms with Crippen molar-refractivity contribution in [2.24, 2.45) is 11.8 Å². The summed E-state index contributed by atoms with van der Waals surface area (Å²) in [7, 11) is 0. The van der Waals surface area contributed by atoms with E-state index in [4.69, 9.17) is 9.15 Å². The molecule has 3 rings (SSSR count). The minimum atomic E-state index is -0.979. The van der Waals surface area contributed by atoms with E-state index < -0.39 is 17.7 Å². The molecule has 1 atom stereocenters. The highest BCUT2D eigenvalue weighted by molar-refractivity contribution is 5.85. The molecule has 1 aliphatic rings. The Hall–Kier alpha value is -2.83. The van der Waals surface area contributed by atoms with Gasteiger partial charge in [-0.05, 0) is 75.5 Å². The van der Waals surface area contributed by atoms with Crippen molar-refractivity contribution >= 4 is 22.8 Å². The van der Waals surface area contributed by atoms with Gasteiger partial charge in [-0.3, -0.25) is 4.79 Å². The summed E-state index contributed by atoms with van der Waals surface area (Å²) in [5, 5.41) is 14.7. The summed E-state index contributed by atoms with van der Waals surface area (Å²) in [5.41, 5.74) is 1.73. The zero-order chi connectivity index (χ0) is 22.5. The molecule has 1 heterocycles. The molecular weight excluding hydrogens is 398 g/mol. The Bertz CT molecular complexity index is 1000. The van der Waals surface area contributed by atoms with Crippen molar-refractivity contribution in [3.63, 3.8) is 0 Å². The van der Waals surface area contributed by atoms with Crippen molar-refractivity contribution in [1.29, 1.82) is 0 Å². The first-order valence-corrected chi connectivity index (χ1v) is 11.0. The third-order valence-corrected chi connectivity index (χ3v) is 6.13. The molecule has 1 N–H and O–H groups in total. The number of ether oxygens (including phenoxy) is 1. The lowest BCUT2D eigenvalue weighted by Gasteiger charge is -2.29. The minimum Gasteiger partial charge on any atom is -0.550 e. The number of carboxylic acid groups (broad SMARTS) is 1. The van der Waals surface area contributed by atoms with E-state index in [2.05, 4.69) is 12.2 Å². The van der Waals surface area contributed by atoms with Gasteiger partial charge < -0.3 is 24.4 Å².